The molecule has 182 valence electrons. The summed E-state index contributed by atoms with van der Waals surface area (Å²) in [6.45, 7) is 1.50. The van der Waals surface area contributed by atoms with Gasteiger partial charge in [0, 0.05) is 24.1 Å². The van der Waals surface area contributed by atoms with Crippen molar-refractivity contribution in [1.82, 2.24) is 4.98 Å². The highest BCUT2D eigenvalue weighted by Gasteiger charge is 2.57. The first-order valence-electron chi connectivity index (χ1n) is 10.1. The fraction of sp³-hybridized carbons (Fsp3) is 0.381. The minimum atomic E-state index is -4.60. The van der Waals surface area contributed by atoms with Crippen LogP contribution in [0.15, 0.2) is 41.5 Å². The second-order valence-electron chi connectivity index (χ2n) is 8.41. The number of pyridine rings is 1. The molecule has 1 spiro atoms. The van der Waals surface area contributed by atoms with Gasteiger partial charge in [0.25, 0.3) is 5.91 Å². The van der Waals surface area contributed by atoms with E-state index >= 15 is 0 Å². The van der Waals surface area contributed by atoms with E-state index in [0.29, 0.717) is 12.3 Å². The molecule has 13 heteroatoms. The molecule has 0 bridgehead atoms. The Morgan fingerprint density at radius 2 is 1.97 bits per heavy atom. The number of amidine groups is 1. The Labute approximate surface area is 192 Å². The number of sulfone groups is 1. The summed E-state index contributed by atoms with van der Waals surface area (Å²) in [5.74, 6) is -2.29. The summed E-state index contributed by atoms with van der Waals surface area (Å²) in [5, 5.41) is 2.42. The molecule has 3 heterocycles. The van der Waals surface area contributed by atoms with Crippen molar-refractivity contribution in [2.24, 2.45) is 10.7 Å². The molecule has 2 aliphatic heterocycles. The van der Waals surface area contributed by atoms with Gasteiger partial charge in [0.2, 0.25) is 0 Å². The number of hydrogen-bond acceptors (Lipinski definition) is 7. The predicted molar refractivity (Wildman–Crippen MR) is 115 cm³/mol. The summed E-state index contributed by atoms with van der Waals surface area (Å²) in [7, 11) is -3.88. The van der Waals surface area contributed by atoms with Gasteiger partial charge in [-0.15, -0.1) is 0 Å². The second-order valence-corrected chi connectivity index (χ2v) is 10.7. The molecular formula is C21H20F4N4O4S. The van der Waals surface area contributed by atoms with E-state index in [1.807, 2.05) is 0 Å². The van der Waals surface area contributed by atoms with Crippen LogP contribution in [-0.2, 0) is 26.3 Å². The summed E-state index contributed by atoms with van der Waals surface area (Å²) in [5.41, 5.74) is 3.13. The van der Waals surface area contributed by atoms with Gasteiger partial charge in [-0.1, -0.05) is 0 Å². The zero-order chi connectivity index (χ0) is 24.9. The van der Waals surface area contributed by atoms with Crippen molar-refractivity contribution in [3.05, 3.63) is 59.2 Å². The molecule has 8 nitrogen and oxygen atoms in total. The first-order chi connectivity index (χ1) is 15.8. The average Bonchev–Trinajstić information content (AvgIpc) is 3.25. The third-order valence-corrected chi connectivity index (χ3v) is 8.68. The number of carbonyl (C=O) groups is 1. The molecule has 1 aromatic heterocycles. The molecule has 3 N–H and O–H groups in total. The van der Waals surface area contributed by atoms with Crippen molar-refractivity contribution >= 4 is 27.3 Å². The molecule has 0 aliphatic carbocycles. The predicted octanol–water partition coefficient (Wildman–Crippen LogP) is 2.65. The lowest BCUT2D eigenvalue weighted by Gasteiger charge is -2.39. The highest BCUT2D eigenvalue weighted by Crippen LogP contribution is 2.41. The van der Waals surface area contributed by atoms with E-state index in [-0.39, 0.29) is 42.4 Å². The molecule has 4 rings (SSSR count). The maximum Gasteiger partial charge on any atom is 0.417 e. The number of halogens is 4. The Bertz CT molecular complexity index is 1270. The highest BCUT2D eigenvalue weighted by atomic mass is 32.2. The molecule has 1 aromatic carbocycles. The zero-order valence-corrected chi connectivity index (χ0v) is 18.6. The monoisotopic (exact) mass is 500 g/mol. The number of alkyl halides is 3. The minimum absolute atomic E-state index is 0.0694. The Kier molecular flexibility index (Phi) is 5.67. The van der Waals surface area contributed by atoms with Crippen LogP contribution in [0.1, 0.15) is 35.0 Å². The van der Waals surface area contributed by atoms with Crippen molar-refractivity contribution in [2.75, 3.05) is 24.3 Å². The molecule has 34 heavy (non-hydrogen) atoms. The standard InChI is InChI=1S/C21H20F4N4O4S/c1-19(11-34(31,32)20(18(26)29-19)6-7-33-10-20)14-8-13(3-4-15(14)22)28-17(30)16-5-2-12(9-27-16)21(23,24)25/h2-5,8-9H,6-7,10-11H2,1H3,(H2,26,29)(H,28,30)/t19-,20?/m0/s1. The third-order valence-electron chi connectivity index (χ3n) is 6.01. The molecule has 1 saturated heterocycles. The van der Waals surface area contributed by atoms with Crippen LogP contribution in [0.3, 0.4) is 0 Å². The quantitative estimate of drug-likeness (QED) is 0.625. The highest BCUT2D eigenvalue weighted by molar-refractivity contribution is 7.93. The maximum absolute atomic E-state index is 14.8. The van der Waals surface area contributed by atoms with Crippen molar-refractivity contribution in [3.63, 3.8) is 0 Å². The van der Waals surface area contributed by atoms with E-state index in [4.69, 9.17) is 10.5 Å². The number of amides is 1. The summed E-state index contributed by atoms with van der Waals surface area (Å²) < 4.78 is 83.0. The van der Waals surface area contributed by atoms with Crippen molar-refractivity contribution in [3.8, 4) is 0 Å². The first-order valence-corrected chi connectivity index (χ1v) is 11.7. The largest absolute Gasteiger partial charge is 0.417 e. The summed E-state index contributed by atoms with van der Waals surface area (Å²) in [6, 6.07) is 5.09. The van der Waals surface area contributed by atoms with Crippen LogP contribution < -0.4 is 11.1 Å². The Morgan fingerprint density at radius 3 is 2.53 bits per heavy atom. The van der Waals surface area contributed by atoms with Gasteiger partial charge in [-0.05, 0) is 43.7 Å². The van der Waals surface area contributed by atoms with Gasteiger partial charge in [0.1, 0.15) is 22.9 Å². The molecule has 1 amide bonds. The number of ether oxygens (including phenoxy) is 1. The Balaban J connectivity index is 1.64. The van der Waals surface area contributed by atoms with E-state index in [9.17, 15) is 30.8 Å². The molecular weight excluding hydrogens is 480 g/mol. The lowest BCUT2D eigenvalue weighted by atomic mass is 9.92. The van der Waals surface area contributed by atoms with E-state index in [1.54, 1.807) is 0 Å². The normalized spacial score (nSPS) is 26.3. The smallest absolute Gasteiger partial charge is 0.386 e. The summed E-state index contributed by atoms with van der Waals surface area (Å²) in [4.78, 5) is 20.3. The number of carbonyl (C=O) groups excluding carboxylic acids is 1. The van der Waals surface area contributed by atoms with Crippen LogP contribution in [0.2, 0.25) is 0 Å². The van der Waals surface area contributed by atoms with Gasteiger partial charge < -0.3 is 15.8 Å². The van der Waals surface area contributed by atoms with Crippen LogP contribution in [0, 0.1) is 5.82 Å². The van der Waals surface area contributed by atoms with Gasteiger partial charge in [0.15, 0.2) is 14.6 Å². The van der Waals surface area contributed by atoms with Crippen LogP contribution >= 0.6 is 0 Å². The first kappa shape index (κ1) is 24.1. The number of nitrogens with two attached hydrogens (primary N) is 1. The van der Waals surface area contributed by atoms with Crippen LogP contribution in [0.5, 0.6) is 0 Å². The van der Waals surface area contributed by atoms with E-state index in [2.05, 4.69) is 15.3 Å². The minimum Gasteiger partial charge on any atom is -0.386 e. The van der Waals surface area contributed by atoms with Crippen molar-refractivity contribution < 1.29 is 35.5 Å². The average molecular weight is 500 g/mol. The van der Waals surface area contributed by atoms with E-state index in [0.717, 1.165) is 12.1 Å². The fourth-order valence-corrected chi connectivity index (χ4v) is 6.36. The zero-order valence-electron chi connectivity index (χ0n) is 17.8. The lowest BCUT2D eigenvalue weighted by molar-refractivity contribution is -0.137. The number of rotatable bonds is 3. The molecule has 2 aromatic rings. The van der Waals surface area contributed by atoms with Gasteiger partial charge in [-0.25, -0.2) is 12.8 Å². The fourth-order valence-electron chi connectivity index (χ4n) is 4.11. The SMILES string of the molecule is C[C@@]1(c2cc(NC(=O)c3ccc(C(F)(F)F)cn3)ccc2F)CS(=O)(=O)C2(CCOC2)C(N)=N1. The third kappa shape index (κ3) is 4.02. The Morgan fingerprint density at radius 1 is 1.24 bits per heavy atom. The molecule has 2 aliphatic rings. The number of anilines is 1. The van der Waals surface area contributed by atoms with Gasteiger partial charge in [-0.3, -0.25) is 14.8 Å². The van der Waals surface area contributed by atoms with Crippen LogP contribution in [0.4, 0.5) is 23.2 Å². The number of aliphatic imine (C=N–C) groups is 1. The second kappa shape index (κ2) is 8.01. The van der Waals surface area contributed by atoms with Gasteiger partial charge in [0.05, 0.1) is 17.9 Å². The summed E-state index contributed by atoms with van der Waals surface area (Å²) >= 11 is 0. The van der Waals surface area contributed by atoms with Crippen LogP contribution in [-0.4, -0.2) is 48.9 Å². The molecule has 1 unspecified atom stereocenters. The van der Waals surface area contributed by atoms with E-state index < -0.39 is 49.3 Å². The molecule has 0 saturated carbocycles. The number of hydrogen-bond donors (Lipinski definition) is 2. The number of nitrogens with zero attached hydrogens (tertiary/aromatic N) is 2. The number of benzene rings is 1. The van der Waals surface area contributed by atoms with Crippen LogP contribution in [0.25, 0.3) is 0 Å². The van der Waals surface area contributed by atoms with Crippen molar-refractivity contribution in [2.45, 2.75) is 29.8 Å². The van der Waals surface area contributed by atoms with Gasteiger partial charge >= 0.3 is 6.18 Å². The number of aromatic nitrogens is 1. The molecule has 0 radical (unpaired) electrons. The molecule has 1 fully saturated rings. The van der Waals surface area contributed by atoms with E-state index in [1.165, 1.54) is 19.1 Å². The topological polar surface area (TPSA) is 124 Å². The molecule has 2 atom stereocenters. The van der Waals surface area contributed by atoms with Crippen molar-refractivity contribution in [1.29, 1.82) is 0 Å². The Hall–Kier alpha value is -3.06. The van der Waals surface area contributed by atoms with Gasteiger partial charge in [-0.2, -0.15) is 13.2 Å². The maximum atomic E-state index is 14.8. The lowest BCUT2D eigenvalue weighted by Crippen LogP contribution is -2.58. The summed E-state index contributed by atoms with van der Waals surface area (Å²) in [6.07, 6.45) is -3.92. The number of nitrogens with one attached hydrogen (secondary N) is 1.